The highest BCUT2D eigenvalue weighted by atomic mass is 35.5. The van der Waals surface area contributed by atoms with Crippen molar-refractivity contribution in [3.8, 4) is 0 Å². The Kier molecular flexibility index (Phi) is 5.00. The first-order chi connectivity index (χ1) is 9.83. The fourth-order valence-corrected chi connectivity index (χ4v) is 4.43. The second-order valence-corrected chi connectivity index (χ2v) is 7.82. The summed E-state index contributed by atoms with van der Waals surface area (Å²) >= 11 is 7.08. The normalized spacial score (nSPS) is 13.3. The Balaban J connectivity index is 2.32. The molecule has 1 unspecified atom stereocenters. The SMILES string of the molecule is CC(NS(=O)(=O)c1cc(F)ccc1CO)c1ccc(Cl)s1. The van der Waals surface area contributed by atoms with Gasteiger partial charge in [-0.05, 0) is 36.8 Å². The molecule has 0 fully saturated rings. The second kappa shape index (κ2) is 6.41. The van der Waals surface area contributed by atoms with Gasteiger partial charge in [0.25, 0.3) is 0 Å². The van der Waals surface area contributed by atoms with Crippen LogP contribution in [-0.4, -0.2) is 13.5 Å². The van der Waals surface area contributed by atoms with Crippen LogP contribution in [-0.2, 0) is 16.6 Å². The quantitative estimate of drug-likeness (QED) is 0.871. The van der Waals surface area contributed by atoms with E-state index in [0.29, 0.717) is 4.34 Å². The van der Waals surface area contributed by atoms with E-state index in [2.05, 4.69) is 4.72 Å². The summed E-state index contributed by atoms with van der Waals surface area (Å²) in [6.45, 7) is 1.17. The smallest absolute Gasteiger partial charge is 0.241 e. The molecule has 0 aliphatic heterocycles. The van der Waals surface area contributed by atoms with Gasteiger partial charge in [-0.1, -0.05) is 17.7 Å². The largest absolute Gasteiger partial charge is 0.392 e. The van der Waals surface area contributed by atoms with Gasteiger partial charge in [0.05, 0.1) is 21.9 Å². The van der Waals surface area contributed by atoms with Crippen LogP contribution in [0.3, 0.4) is 0 Å². The number of hydrogen-bond acceptors (Lipinski definition) is 4. The zero-order chi connectivity index (χ0) is 15.6. The van der Waals surface area contributed by atoms with Gasteiger partial charge in [-0.3, -0.25) is 0 Å². The lowest BCUT2D eigenvalue weighted by Crippen LogP contribution is -2.27. The van der Waals surface area contributed by atoms with Gasteiger partial charge in [-0.15, -0.1) is 11.3 Å². The van der Waals surface area contributed by atoms with Gasteiger partial charge in [-0.2, -0.15) is 0 Å². The Labute approximate surface area is 131 Å². The molecule has 0 amide bonds. The second-order valence-electron chi connectivity index (χ2n) is 4.40. The summed E-state index contributed by atoms with van der Waals surface area (Å²) in [7, 11) is -3.95. The van der Waals surface area contributed by atoms with Crippen molar-refractivity contribution >= 4 is 33.0 Å². The predicted molar refractivity (Wildman–Crippen MR) is 80.4 cm³/mol. The van der Waals surface area contributed by atoms with Gasteiger partial charge in [0.2, 0.25) is 10.0 Å². The minimum Gasteiger partial charge on any atom is -0.392 e. The fraction of sp³-hybridized carbons (Fsp3) is 0.231. The third kappa shape index (κ3) is 3.81. The Morgan fingerprint density at radius 3 is 2.67 bits per heavy atom. The summed E-state index contributed by atoms with van der Waals surface area (Å²) in [5.74, 6) is -0.681. The van der Waals surface area contributed by atoms with E-state index in [1.54, 1.807) is 19.1 Å². The van der Waals surface area contributed by atoms with Crippen molar-refractivity contribution < 1.29 is 17.9 Å². The maximum absolute atomic E-state index is 13.3. The minimum absolute atomic E-state index is 0.139. The molecular formula is C13H13ClFNO3S2. The summed E-state index contributed by atoms with van der Waals surface area (Å²) in [5, 5.41) is 9.20. The zero-order valence-electron chi connectivity index (χ0n) is 11.0. The highest BCUT2D eigenvalue weighted by Gasteiger charge is 2.22. The summed E-state index contributed by atoms with van der Waals surface area (Å²) < 4.78 is 41.0. The van der Waals surface area contributed by atoms with Crippen LogP contribution < -0.4 is 4.72 Å². The molecule has 1 aromatic heterocycles. The van der Waals surface area contributed by atoms with Crippen LogP contribution in [0.25, 0.3) is 0 Å². The summed E-state index contributed by atoms with van der Waals surface area (Å²) in [6.07, 6.45) is 0. The zero-order valence-corrected chi connectivity index (χ0v) is 13.4. The Hall–Kier alpha value is -0.990. The van der Waals surface area contributed by atoms with Crippen molar-refractivity contribution in [3.63, 3.8) is 0 Å². The molecule has 1 aromatic carbocycles. The van der Waals surface area contributed by atoms with E-state index in [-0.39, 0.29) is 10.5 Å². The molecular weight excluding hydrogens is 337 g/mol. The maximum atomic E-state index is 13.3. The van der Waals surface area contributed by atoms with Crippen LogP contribution in [0.15, 0.2) is 35.2 Å². The lowest BCUT2D eigenvalue weighted by molar-refractivity contribution is 0.278. The molecule has 21 heavy (non-hydrogen) atoms. The molecule has 1 atom stereocenters. The molecule has 8 heteroatoms. The fourth-order valence-electron chi connectivity index (χ4n) is 1.82. The van der Waals surface area contributed by atoms with E-state index in [4.69, 9.17) is 11.6 Å². The molecule has 4 nitrogen and oxygen atoms in total. The summed E-state index contributed by atoms with van der Waals surface area (Å²) in [4.78, 5) is 0.477. The molecule has 0 saturated carbocycles. The average Bonchev–Trinajstić information content (AvgIpc) is 2.85. The van der Waals surface area contributed by atoms with E-state index in [0.717, 1.165) is 17.0 Å². The topological polar surface area (TPSA) is 66.4 Å². The number of nitrogens with one attached hydrogen (secondary N) is 1. The molecule has 0 aliphatic carbocycles. The van der Waals surface area contributed by atoms with Crippen molar-refractivity contribution in [2.45, 2.75) is 24.5 Å². The monoisotopic (exact) mass is 349 g/mol. The van der Waals surface area contributed by atoms with E-state index < -0.39 is 28.5 Å². The Morgan fingerprint density at radius 2 is 2.10 bits per heavy atom. The molecule has 2 N–H and O–H groups in total. The highest BCUT2D eigenvalue weighted by molar-refractivity contribution is 7.89. The number of halogens is 2. The molecule has 114 valence electrons. The van der Waals surface area contributed by atoms with Crippen LogP contribution in [0.5, 0.6) is 0 Å². The maximum Gasteiger partial charge on any atom is 0.241 e. The molecule has 0 spiro atoms. The predicted octanol–water partition coefficient (Wildman–Crippen LogP) is 3.07. The van der Waals surface area contributed by atoms with Crippen molar-refractivity contribution in [3.05, 3.63) is 50.9 Å². The van der Waals surface area contributed by atoms with Gasteiger partial charge in [0.15, 0.2) is 0 Å². The lowest BCUT2D eigenvalue weighted by Gasteiger charge is -2.14. The molecule has 0 bridgehead atoms. The van der Waals surface area contributed by atoms with Crippen LogP contribution in [0.1, 0.15) is 23.4 Å². The summed E-state index contributed by atoms with van der Waals surface area (Å²) in [6, 6.07) is 6.13. The number of rotatable bonds is 5. The third-order valence-electron chi connectivity index (χ3n) is 2.84. The highest BCUT2D eigenvalue weighted by Crippen LogP contribution is 2.28. The molecule has 2 rings (SSSR count). The van der Waals surface area contributed by atoms with Gasteiger partial charge < -0.3 is 5.11 Å². The minimum atomic E-state index is -3.95. The standard InChI is InChI=1S/C13H13ClFNO3S2/c1-8(11-4-5-13(14)20-11)16-21(18,19)12-6-10(15)3-2-9(12)7-17/h2-6,8,16-17H,7H2,1H3. The molecule has 0 aliphatic rings. The average molecular weight is 350 g/mol. The van der Waals surface area contributed by atoms with Crippen LogP contribution in [0, 0.1) is 5.82 Å². The number of aliphatic hydroxyl groups excluding tert-OH is 1. The van der Waals surface area contributed by atoms with E-state index >= 15 is 0 Å². The van der Waals surface area contributed by atoms with Gasteiger partial charge in [0.1, 0.15) is 5.82 Å². The first-order valence-corrected chi connectivity index (χ1v) is 8.68. The van der Waals surface area contributed by atoms with Crippen molar-refractivity contribution in [2.24, 2.45) is 0 Å². The Morgan fingerprint density at radius 1 is 1.38 bits per heavy atom. The van der Waals surface area contributed by atoms with Gasteiger partial charge >= 0.3 is 0 Å². The first-order valence-electron chi connectivity index (χ1n) is 6.00. The molecule has 0 radical (unpaired) electrons. The lowest BCUT2D eigenvalue weighted by atomic mass is 10.2. The van der Waals surface area contributed by atoms with Crippen LogP contribution in [0.2, 0.25) is 4.34 Å². The molecule has 2 aromatic rings. The van der Waals surface area contributed by atoms with Crippen molar-refractivity contribution in [2.75, 3.05) is 0 Å². The van der Waals surface area contributed by atoms with Crippen molar-refractivity contribution in [1.82, 2.24) is 4.72 Å². The molecule has 1 heterocycles. The number of benzene rings is 1. The number of sulfonamides is 1. The number of hydrogen-bond donors (Lipinski definition) is 2. The van der Waals surface area contributed by atoms with Crippen molar-refractivity contribution in [1.29, 1.82) is 0 Å². The number of aliphatic hydroxyl groups is 1. The van der Waals surface area contributed by atoms with Gasteiger partial charge in [0, 0.05) is 4.88 Å². The van der Waals surface area contributed by atoms with Gasteiger partial charge in [-0.25, -0.2) is 17.5 Å². The number of thiophene rings is 1. The molecule has 0 saturated heterocycles. The van der Waals surface area contributed by atoms with E-state index in [1.807, 2.05) is 0 Å². The van der Waals surface area contributed by atoms with Crippen LogP contribution >= 0.6 is 22.9 Å². The summed E-state index contributed by atoms with van der Waals surface area (Å²) in [5.41, 5.74) is 0.139. The third-order valence-corrected chi connectivity index (χ3v) is 5.88. The van der Waals surface area contributed by atoms with Crippen LogP contribution in [0.4, 0.5) is 4.39 Å². The van der Waals surface area contributed by atoms with E-state index in [1.165, 1.54) is 17.4 Å². The van der Waals surface area contributed by atoms with E-state index in [9.17, 15) is 17.9 Å². The Bertz CT molecular complexity index is 746. The first kappa shape index (κ1) is 16.4.